The summed E-state index contributed by atoms with van der Waals surface area (Å²) >= 11 is 0. The molecule has 2 aromatic heterocycles. The molecule has 45 heavy (non-hydrogen) atoms. The third kappa shape index (κ3) is 3.99. The Kier molecular flexibility index (Phi) is 5.53. The Balaban J connectivity index is 1.28. The van der Waals surface area contributed by atoms with Crippen LogP contribution in [0.15, 0.2) is 146 Å². The topological polar surface area (TPSA) is 54.5 Å². The highest BCUT2D eigenvalue weighted by atomic mass is 15.0. The molecule has 7 aromatic carbocycles. The van der Waals surface area contributed by atoms with E-state index in [2.05, 4.69) is 108 Å². The average molecular weight is 573 g/mol. The van der Waals surface area contributed by atoms with Crippen LogP contribution < -0.4 is 0 Å². The second-order valence-corrected chi connectivity index (χ2v) is 11.4. The molecule has 0 saturated carbocycles. The van der Waals surface area contributed by atoms with Crippen molar-refractivity contribution in [2.75, 3.05) is 0 Å². The molecule has 0 spiro atoms. The number of fused-ring (bicyclic) bond motifs is 7. The van der Waals surface area contributed by atoms with Crippen LogP contribution in [0.5, 0.6) is 0 Å². The minimum Gasteiger partial charge on any atom is -0.309 e. The number of nitriles is 1. The smallest absolute Gasteiger partial charge is 0.0991 e. The Morgan fingerprint density at radius 2 is 1.07 bits per heavy atom. The van der Waals surface area contributed by atoms with Crippen LogP contribution in [0.25, 0.3) is 82.6 Å². The molecule has 9 aromatic rings. The molecule has 208 valence electrons. The predicted molar refractivity (Wildman–Crippen MR) is 184 cm³/mol. The van der Waals surface area contributed by atoms with Crippen LogP contribution in [0.2, 0.25) is 0 Å². The first-order valence-corrected chi connectivity index (χ1v) is 15.0. The number of nitrogens with zero attached hydrogens (tertiary/aromatic N) is 4. The quantitative estimate of drug-likeness (QED) is 0.212. The van der Waals surface area contributed by atoms with E-state index in [1.165, 1.54) is 43.4 Å². The second-order valence-electron chi connectivity index (χ2n) is 11.4. The lowest BCUT2D eigenvalue weighted by molar-refractivity contribution is 1.19. The number of benzene rings is 7. The van der Waals surface area contributed by atoms with Gasteiger partial charge in [-0.3, -0.25) is 0 Å². The van der Waals surface area contributed by atoms with Crippen molar-refractivity contribution >= 4 is 54.4 Å². The van der Waals surface area contributed by atoms with Gasteiger partial charge in [0.25, 0.3) is 0 Å². The molecule has 2 heterocycles. The maximum Gasteiger partial charge on any atom is 0.0991 e. The summed E-state index contributed by atoms with van der Waals surface area (Å²) < 4.78 is 2.40. The molecule has 4 nitrogen and oxygen atoms in total. The molecule has 0 saturated heterocycles. The van der Waals surface area contributed by atoms with Crippen molar-refractivity contribution in [1.29, 1.82) is 5.26 Å². The highest BCUT2D eigenvalue weighted by Crippen LogP contribution is 2.39. The zero-order valence-electron chi connectivity index (χ0n) is 24.1. The van der Waals surface area contributed by atoms with Gasteiger partial charge in [0.1, 0.15) is 0 Å². The maximum atomic E-state index is 9.34. The lowest BCUT2D eigenvalue weighted by atomic mass is 10.0. The monoisotopic (exact) mass is 572 g/mol. The third-order valence-electron chi connectivity index (χ3n) is 8.78. The molecule has 0 N–H and O–H groups in total. The lowest BCUT2D eigenvalue weighted by Gasteiger charge is -2.13. The van der Waals surface area contributed by atoms with Crippen molar-refractivity contribution in [3.8, 4) is 34.3 Å². The Bertz CT molecular complexity index is 2640. The first-order chi connectivity index (χ1) is 22.2. The molecule has 0 bridgehead atoms. The fourth-order valence-corrected chi connectivity index (χ4v) is 6.60. The number of hydrogen-bond acceptors (Lipinski definition) is 3. The molecule has 9 rings (SSSR count). The van der Waals surface area contributed by atoms with Crippen molar-refractivity contribution in [1.82, 2.24) is 14.5 Å². The third-order valence-corrected chi connectivity index (χ3v) is 8.78. The first-order valence-electron chi connectivity index (χ1n) is 15.0. The Morgan fingerprint density at radius 3 is 1.73 bits per heavy atom. The van der Waals surface area contributed by atoms with Gasteiger partial charge in [-0.15, -0.1) is 0 Å². The summed E-state index contributed by atoms with van der Waals surface area (Å²) in [6, 6.07) is 52.7. The van der Waals surface area contributed by atoms with Crippen LogP contribution in [-0.4, -0.2) is 14.5 Å². The van der Waals surface area contributed by atoms with E-state index in [1.807, 2.05) is 48.5 Å². The maximum absolute atomic E-state index is 9.34. The lowest BCUT2D eigenvalue weighted by Crippen LogP contribution is -1.97. The van der Waals surface area contributed by atoms with Crippen molar-refractivity contribution in [2.45, 2.75) is 0 Å². The summed E-state index contributed by atoms with van der Waals surface area (Å²) in [6.07, 6.45) is 0. The van der Waals surface area contributed by atoms with Crippen molar-refractivity contribution < 1.29 is 0 Å². The van der Waals surface area contributed by atoms with Gasteiger partial charge in [-0.2, -0.15) is 5.26 Å². The van der Waals surface area contributed by atoms with E-state index in [0.717, 1.165) is 39.2 Å². The Hall–Kier alpha value is -6.31. The van der Waals surface area contributed by atoms with Gasteiger partial charge in [0.15, 0.2) is 0 Å². The Labute approximate surface area is 259 Å². The van der Waals surface area contributed by atoms with Crippen molar-refractivity contribution in [3.05, 3.63) is 151 Å². The van der Waals surface area contributed by atoms with Gasteiger partial charge in [0.2, 0.25) is 0 Å². The van der Waals surface area contributed by atoms with E-state index < -0.39 is 0 Å². The minimum absolute atomic E-state index is 0.616. The SMILES string of the molecule is N#Cc1ccc(-c2nc3ccccc3nc2-c2ccc(-n3c4cc5ccccc5cc4c4ccc5ccccc5c43)cc2)cc1. The van der Waals surface area contributed by atoms with E-state index in [9.17, 15) is 5.26 Å². The van der Waals surface area contributed by atoms with Gasteiger partial charge in [-0.1, -0.05) is 97.1 Å². The van der Waals surface area contributed by atoms with Gasteiger partial charge in [-0.25, -0.2) is 9.97 Å². The number of rotatable bonds is 3. The molecule has 0 unspecified atom stereocenters. The summed E-state index contributed by atoms with van der Waals surface area (Å²) in [7, 11) is 0. The highest BCUT2D eigenvalue weighted by Gasteiger charge is 2.18. The molecule has 4 heteroatoms. The first kappa shape index (κ1) is 25.2. The van der Waals surface area contributed by atoms with Crippen molar-refractivity contribution in [3.63, 3.8) is 0 Å². The average Bonchev–Trinajstić information content (AvgIpc) is 3.43. The number of aromatic nitrogens is 3. The van der Waals surface area contributed by atoms with Crippen LogP contribution in [0.3, 0.4) is 0 Å². The summed E-state index contributed by atoms with van der Waals surface area (Å²) in [5, 5.41) is 16.7. The molecule has 0 aliphatic carbocycles. The predicted octanol–water partition coefficient (Wildman–Crippen LogP) is 10.2. The molecule has 0 aliphatic heterocycles. The zero-order valence-corrected chi connectivity index (χ0v) is 24.1. The van der Waals surface area contributed by atoms with Crippen LogP contribution >= 0.6 is 0 Å². The van der Waals surface area contributed by atoms with Gasteiger partial charge in [0, 0.05) is 33.0 Å². The van der Waals surface area contributed by atoms with Crippen LogP contribution in [0.4, 0.5) is 0 Å². The molecule has 0 radical (unpaired) electrons. The van der Waals surface area contributed by atoms with E-state index in [-0.39, 0.29) is 0 Å². The molecule has 0 aliphatic rings. The van der Waals surface area contributed by atoms with Crippen LogP contribution in [-0.2, 0) is 0 Å². The van der Waals surface area contributed by atoms with Gasteiger partial charge >= 0.3 is 0 Å². The van der Waals surface area contributed by atoms with E-state index in [0.29, 0.717) is 5.56 Å². The standard InChI is InChI=1S/C41H24N4/c42-25-26-13-15-28(16-14-26)39-40(44-37-12-6-5-11-36(37)43-39)29-17-20-32(21-18-29)45-38-24-31-9-2-1-8-30(31)23-35(38)34-22-19-27-7-3-4-10-33(27)41(34)45/h1-24H. The summed E-state index contributed by atoms with van der Waals surface area (Å²) in [5.41, 5.74) is 9.26. The Morgan fingerprint density at radius 1 is 0.489 bits per heavy atom. The fraction of sp³-hybridized carbons (Fsp3) is 0. The van der Waals surface area contributed by atoms with Crippen LogP contribution in [0.1, 0.15) is 5.56 Å². The second kappa shape index (κ2) is 9.87. The minimum atomic E-state index is 0.616. The van der Waals surface area contributed by atoms with E-state index in [1.54, 1.807) is 0 Å². The number of para-hydroxylation sites is 2. The zero-order chi connectivity index (χ0) is 29.9. The van der Waals surface area contributed by atoms with Crippen molar-refractivity contribution in [2.24, 2.45) is 0 Å². The van der Waals surface area contributed by atoms with E-state index in [4.69, 9.17) is 9.97 Å². The molecule has 0 atom stereocenters. The summed E-state index contributed by atoms with van der Waals surface area (Å²) in [5.74, 6) is 0. The summed E-state index contributed by atoms with van der Waals surface area (Å²) in [6.45, 7) is 0. The van der Waals surface area contributed by atoms with Gasteiger partial charge in [-0.05, 0) is 64.7 Å². The molecular weight excluding hydrogens is 548 g/mol. The number of hydrogen-bond donors (Lipinski definition) is 0. The van der Waals surface area contributed by atoms with Gasteiger partial charge in [0.05, 0.1) is 45.1 Å². The van der Waals surface area contributed by atoms with Gasteiger partial charge < -0.3 is 4.57 Å². The highest BCUT2D eigenvalue weighted by molar-refractivity contribution is 6.20. The molecule has 0 fully saturated rings. The largest absolute Gasteiger partial charge is 0.309 e. The summed E-state index contributed by atoms with van der Waals surface area (Å²) in [4.78, 5) is 10.1. The van der Waals surface area contributed by atoms with E-state index >= 15 is 0 Å². The molecular formula is C41H24N4. The fourth-order valence-electron chi connectivity index (χ4n) is 6.60. The van der Waals surface area contributed by atoms with Crippen LogP contribution in [0, 0.1) is 11.3 Å². The normalized spacial score (nSPS) is 11.5. The molecule has 0 amide bonds.